The Hall–Kier alpha value is -2.25. The van der Waals surface area contributed by atoms with E-state index in [0.717, 1.165) is 32.4 Å². The molecule has 32 heavy (non-hydrogen) atoms. The quantitative estimate of drug-likeness (QED) is 0.732. The zero-order valence-electron chi connectivity index (χ0n) is 19.4. The van der Waals surface area contributed by atoms with Crippen LogP contribution in [0.15, 0.2) is 24.3 Å². The Labute approximate surface area is 190 Å². The molecule has 3 heterocycles. The molecular weight excluding hydrogens is 406 g/mol. The third kappa shape index (κ3) is 4.59. The summed E-state index contributed by atoms with van der Waals surface area (Å²) in [7, 11) is 2.15. The summed E-state index contributed by atoms with van der Waals surface area (Å²) >= 11 is 0. The van der Waals surface area contributed by atoms with Gasteiger partial charge in [0.2, 0.25) is 5.91 Å². The van der Waals surface area contributed by atoms with E-state index in [1.165, 1.54) is 5.56 Å². The van der Waals surface area contributed by atoms with Gasteiger partial charge in [-0.15, -0.1) is 0 Å². The van der Waals surface area contributed by atoms with Gasteiger partial charge in [-0.3, -0.25) is 14.4 Å². The number of piperidine rings is 1. The summed E-state index contributed by atoms with van der Waals surface area (Å²) in [5.41, 5.74) is 1.83. The van der Waals surface area contributed by atoms with Crippen LogP contribution in [-0.4, -0.2) is 78.9 Å². The fourth-order valence-corrected chi connectivity index (χ4v) is 5.18. The number of amides is 2. The molecule has 0 spiro atoms. The van der Waals surface area contributed by atoms with Gasteiger partial charge in [0.15, 0.2) is 5.78 Å². The van der Waals surface area contributed by atoms with E-state index in [1.54, 1.807) is 4.90 Å². The minimum Gasteiger partial charge on any atom is -0.368 e. The summed E-state index contributed by atoms with van der Waals surface area (Å²) < 4.78 is 5.52. The summed E-state index contributed by atoms with van der Waals surface area (Å²) in [5, 5.41) is 2.97. The monoisotopic (exact) mass is 441 g/mol. The van der Waals surface area contributed by atoms with E-state index in [9.17, 15) is 14.4 Å². The Morgan fingerprint density at radius 3 is 2.47 bits per heavy atom. The number of ether oxygens (including phenoxy) is 1. The van der Waals surface area contributed by atoms with Crippen LogP contribution in [0.1, 0.15) is 61.4 Å². The normalized spacial score (nSPS) is 26.1. The molecule has 0 saturated carbocycles. The summed E-state index contributed by atoms with van der Waals surface area (Å²) in [4.78, 5) is 42.6. The first-order chi connectivity index (χ1) is 15.4. The highest BCUT2D eigenvalue weighted by Crippen LogP contribution is 2.29. The molecule has 3 aliphatic rings. The van der Waals surface area contributed by atoms with Crippen LogP contribution < -0.4 is 5.32 Å². The van der Waals surface area contributed by atoms with E-state index >= 15 is 0 Å². The van der Waals surface area contributed by atoms with Crippen LogP contribution in [0.4, 0.5) is 0 Å². The fourth-order valence-electron chi connectivity index (χ4n) is 5.18. The van der Waals surface area contributed by atoms with Crippen molar-refractivity contribution in [3.05, 3.63) is 35.4 Å². The minimum atomic E-state index is -0.659. The van der Waals surface area contributed by atoms with Crippen molar-refractivity contribution in [2.24, 2.45) is 5.92 Å². The number of hydrogen-bond donors (Lipinski definition) is 1. The standard InChI is InChI=1S/C25H35N3O4/c1-4-16(2)22(25(31)28-14-11-21-23(28)20(29)15-32-21)26-24(30)19-7-5-17(6-8-19)18-9-12-27(3)13-10-18/h5-8,16,18,21-23H,4,9-15H2,1-3H3,(H,26,30)/t16?,21-,22?,23-/m1/s1. The summed E-state index contributed by atoms with van der Waals surface area (Å²) in [6.07, 6.45) is 3.48. The third-order valence-electron chi connectivity index (χ3n) is 7.52. The van der Waals surface area contributed by atoms with Gasteiger partial charge in [0, 0.05) is 12.1 Å². The molecular formula is C25H35N3O4. The Morgan fingerprint density at radius 1 is 1.12 bits per heavy atom. The molecule has 7 nitrogen and oxygen atoms in total. The lowest BCUT2D eigenvalue weighted by molar-refractivity contribution is -0.139. The molecule has 1 aromatic carbocycles. The number of hydrogen-bond acceptors (Lipinski definition) is 5. The van der Waals surface area contributed by atoms with Gasteiger partial charge in [-0.05, 0) is 68.9 Å². The molecule has 1 N–H and O–H groups in total. The molecule has 0 radical (unpaired) electrons. The average Bonchev–Trinajstić information content (AvgIpc) is 3.40. The Kier molecular flexibility index (Phi) is 6.96. The topological polar surface area (TPSA) is 79.0 Å². The maximum atomic E-state index is 13.4. The van der Waals surface area contributed by atoms with Crippen molar-refractivity contribution in [2.45, 2.75) is 63.6 Å². The summed E-state index contributed by atoms with van der Waals surface area (Å²) in [6.45, 7) is 6.72. The van der Waals surface area contributed by atoms with Crippen molar-refractivity contribution in [1.82, 2.24) is 15.1 Å². The lowest BCUT2D eigenvalue weighted by Crippen LogP contribution is -2.54. The Balaban J connectivity index is 1.44. The van der Waals surface area contributed by atoms with Gasteiger partial charge in [-0.1, -0.05) is 32.4 Å². The van der Waals surface area contributed by atoms with Crippen molar-refractivity contribution in [2.75, 3.05) is 33.3 Å². The minimum absolute atomic E-state index is 0.0403. The first kappa shape index (κ1) is 22.9. The number of Topliss-reactive ketones (excluding diaryl/α,β-unsaturated/α-hetero) is 1. The van der Waals surface area contributed by atoms with Gasteiger partial charge < -0.3 is 19.9 Å². The molecule has 174 valence electrons. The molecule has 3 aliphatic heterocycles. The molecule has 3 saturated heterocycles. The van der Waals surface area contributed by atoms with Crippen LogP contribution in [0.5, 0.6) is 0 Å². The van der Waals surface area contributed by atoms with E-state index in [4.69, 9.17) is 4.74 Å². The third-order valence-corrected chi connectivity index (χ3v) is 7.52. The maximum Gasteiger partial charge on any atom is 0.251 e. The van der Waals surface area contributed by atoms with E-state index in [1.807, 2.05) is 38.1 Å². The lowest BCUT2D eigenvalue weighted by Gasteiger charge is -2.30. The smallest absolute Gasteiger partial charge is 0.251 e. The largest absolute Gasteiger partial charge is 0.368 e. The van der Waals surface area contributed by atoms with Crippen molar-refractivity contribution >= 4 is 17.6 Å². The maximum absolute atomic E-state index is 13.4. The number of nitrogens with zero attached hydrogens (tertiary/aromatic N) is 2. The molecule has 0 aromatic heterocycles. The second-order valence-corrected chi connectivity index (χ2v) is 9.62. The number of ketones is 1. The molecule has 0 bridgehead atoms. The van der Waals surface area contributed by atoms with Gasteiger partial charge >= 0.3 is 0 Å². The Morgan fingerprint density at radius 2 is 1.81 bits per heavy atom. The van der Waals surface area contributed by atoms with Crippen LogP contribution in [0.25, 0.3) is 0 Å². The van der Waals surface area contributed by atoms with Crippen molar-refractivity contribution in [3.8, 4) is 0 Å². The predicted molar refractivity (Wildman–Crippen MR) is 121 cm³/mol. The van der Waals surface area contributed by atoms with E-state index in [2.05, 4.69) is 17.3 Å². The SMILES string of the molecule is CCC(C)C(NC(=O)c1ccc(C2CCN(C)CC2)cc1)C(=O)N1CC[C@H]2OCC(=O)[C@H]21. The molecule has 3 fully saturated rings. The number of carbonyl (C=O) groups is 3. The highest BCUT2D eigenvalue weighted by molar-refractivity contribution is 5.99. The van der Waals surface area contributed by atoms with E-state index < -0.39 is 12.1 Å². The number of carbonyl (C=O) groups excluding carboxylic acids is 3. The van der Waals surface area contributed by atoms with Crippen LogP contribution in [0.3, 0.4) is 0 Å². The van der Waals surface area contributed by atoms with Gasteiger partial charge in [-0.25, -0.2) is 0 Å². The molecule has 2 unspecified atom stereocenters. The number of likely N-dealkylation sites (tertiary alicyclic amines) is 2. The second-order valence-electron chi connectivity index (χ2n) is 9.62. The van der Waals surface area contributed by atoms with E-state index in [0.29, 0.717) is 24.4 Å². The van der Waals surface area contributed by atoms with Crippen molar-refractivity contribution in [1.29, 1.82) is 0 Å². The first-order valence-electron chi connectivity index (χ1n) is 11.9. The number of rotatable bonds is 6. The lowest BCUT2D eigenvalue weighted by atomic mass is 9.89. The summed E-state index contributed by atoms with van der Waals surface area (Å²) in [6, 6.07) is 6.66. The highest BCUT2D eigenvalue weighted by atomic mass is 16.5. The molecule has 7 heteroatoms. The molecule has 2 amide bonds. The van der Waals surface area contributed by atoms with Crippen molar-refractivity contribution in [3.63, 3.8) is 0 Å². The van der Waals surface area contributed by atoms with Gasteiger partial charge in [-0.2, -0.15) is 0 Å². The molecule has 1 aromatic rings. The first-order valence-corrected chi connectivity index (χ1v) is 11.9. The van der Waals surface area contributed by atoms with Gasteiger partial charge in [0.1, 0.15) is 18.7 Å². The fraction of sp³-hybridized carbons (Fsp3) is 0.640. The number of benzene rings is 1. The van der Waals surface area contributed by atoms with Crippen molar-refractivity contribution < 1.29 is 19.1 Å². The number of fused-ring (bicyclic) bond motifs is 1. The van der Waals surface area contributed by atoms with Gasteiger partial charge in [0.25, 0.3) is 5.91 Å². The van der Waals surface area contributed by atoms with Gasteiger partial charge in [0.05, 0.1) is 6.10 Å². The number of nitrogens with one attached hydrogen (secondary N) is 1. The molecule has 4 rings (SSSR count). The zero-order chi connectivity index (χ0) is 22.8. The second kappa shape index (κ2) is 9.71. The zero-order valence-corrected chi connectivity index (χ0v) is 19.4. The predicted octanol–water partition coefficient (Wildman–Crippen LogP) is 2.21. The van der Waals surface area contributed by atoms with Crippen LogP contribution in [0, 0.1) is 5.92 Å². The highest BCUT2D eigenvalue weighted by Gasteiger charge is 2.48. The van der Waals surface area contributed by atoms with E-state index in [-0.39, 0.29) is 36.2 Å². The summed E-state index contributed by atoms with van der Waals surface area (Å²) in [5.74, 6) is 0.0262. The molecule has 0 aliphatic carbocycles. The Bertz CT molecular complexity index is 847. The van der Waals surface area contributed by atoms with Crippen LogP contribution >= 0.6 is 0 Å². The van der Waals surface area contributed by atoms with Crippen LogP contribution in [-0.2, 0) is 14.3 Å². The molecule has 4 atom stereocenters. The average molecular weight is 442 g/mol. The van der Waals surface area contributed by atoms with Crippen LogP contribution in [0.2, 0.25) is 0 Å².